The third kappa shape index (κ3) is 2.92. The van der Waals surface area contributed by atoms with Crippen LogP contribution in [0, 0.1) is 0 Å². The molecular formula is C12H14N4O. The van der Waals surface area contributed by atoms with E-state index in [9.17, 15) is 4.79 Å². The monoisotopic (exact) mass is 230 g/mol. The normalized spacial score (nSPS) is 12.1. The smallest absolute Gasteiger partial charge is 0.241 e. The van der Waals surface area contributed by atoms with Gasteiger partial charge < -0.3 is 11.1 Å². The van der Waals surface area contributed by atoms with Gasteiger partial charge in [0.25, 0.3) is 0 Å². The van der Waals surface area contributed by atoms with Crippen LogP contribution in [0.5, 0.6) is 0 Å². The SMILES string of the molecule is N[C@H](C(=O)NCc1cn[nH]c1)c1ccccc1. The summed E-state index contributed by atoms with van der Waals surface area (Å²) in [5, 5.41) is 9.24. The van der Waals surface area contributed by atoms with Crippen LogP contribution in [0.25, 0.3) is 0 Å². The number of amides is 1. The zero-order valence-corrected chi connectivity index (χ0v) is 9.26. The van der Waals surface area contributed by atoms with Crippen molar-refractivity contribution in [3.05, 3.63) is 53.9 Å². The largest absolute Gasteiger partial charge is 0.350 e. The molecule has 0 fully saturated rings. The summed E-state index contributed by atoms with van der Waals surface area (Å²) in [5.41, 5.74) is 7.56. The molecule has 1 amide bonds. The number of hydrogen-bond acceptors (Lipinski definition) is 3. The maximum absolute atomic E-state index is 11.8. The van der Waals surface area contributed by atoms with Gasteiger partial charge in [0, 0.05) is 18.3 Å². The van der Waals surface area contributed by atoms with Crippen molar-refractivity contribution in [2.75, 3.05) is 0 Å². The lowest BCUT2D eigenvalue weighted by Crippen LogP contribution is -2.33. The lowest BCUT2D eigenvalue weighted by atomic mass is 10.1. The van der Waals surface area contributed by atoms with Crippen molar-refractivity contribution in [1.82, 2.24) is 15.5 Å². The fourth-order valence-corrected chi connectivity index (χ4v) is 1.49. The number of aromatic nitrogens is 2. The third-order valence-electron chi connectivity index (χ3n) is 2.46. The molecule has 0 unspecified atom stereocenters. The maximum Gasteiger partial charge on any atom is 0.241 e. The van der Waals surface area contributed by atoms with Crippen LogP contribution in [0.15, 0.2) is 42.7 Å². The van der Waals surface area contributed by atoms with Gasteiger partial charge in [-0.2, -0.15) is 5.10 Å². The molecule has 0 aliphatic heterocycles. The Bertz CT molecular complexity index is 467. The lowest BCUT2D eigenvalue weighted by Gasteiger charge is -2.11. The second-order valence-electron chi connectivity index (χ2n) is 3.71. The van der Waals surface area contributed by atoms with Crippen LogP contribution in [0.3, 0.4) is 0 Å². The van der Waals surface area contributed by atoms with Crippen LogP contribution in [-0.2, 0) is 11.3 Å². The van der Waals surface area contributed by atoms with Crippen LogP contribution in [0.4, 0.5) is 0 Å². The van der Waals surface area contributed by atoms with Gasteiger partial charge in [0.15, 0.2) is 0 Å². The number of carbonyl (C=O) groups excluding carboxylic acids is 1. The summed E-state index contributed by atoms with van der Waals surface area (Å²) in [6.07, 6.45) is 3.39. The highest BCUT2D eigenvalue weighted by Crippen LogP contribution is 2.09. The summed E-state index contributed by atoms with van der Waals surface area (Å²) < 4.78 is 0. The molecule has 2 aromatic rings. The third-order valence-corrected chi connectivity index (χ3v) is 2.46. The van der Waals surface area contributed by atoms with E-state index < -0.39 is 6.04 Å². The Labute approximate surface area is 99.0 Å². The molecule has 0 saturated heterocycles. The van der Waals surface area contributed by atoms with E-state index in [0.717, 1.165) is 11.1 Å². The van der Waals surface area contributed by atoms with Gasteiger partial charge in [-0.15, -0.1) is 0 Å². The second-order valence-corrected chi connectivity index (χ2v) is 3.71. The Morgan fingerprint density at radius 2 is 2.18 bits per heavy atom. The van der Waals surface area contributed by atoms with Crippen LogP contribution in [-0.4, -0.2) is 16.1 Å². The van der Waals surface area contributed by atoms with Gasteiger partial charge in [0.1, 0.15) is 6.04 Å². The molecule has 1 heterocycles. The van der Waals surface area contributed by atoms with E-state index in [2.05, 4.69) is 15.5 Å². The van der Waals surface area contributed by atoms with E-state index in [4.69, 9.17) is 5.73 Å². The summed E-state index contributed by atoms with van der Waals surface area (Å²) in [6, 6.07) is 8.64. The average Bonchev–Trinajstić information content (AvgIpc) is 2.89. The molecule has 0 aliphatic rings. The number of carbonyl (C=O) groups is 1. The summed E-state index contributed by atoms with van der Waals surface area (Å²) >= 11 is 0. The average molecular weight is 230 g/mol. The number of H-pyrrole nitrogens is 1. The van der Waals surface area contributed by atoms with Gasteiger partial charge in [-0.25, -0.2) is 0 Å². The van der Waals surface area contributed by atoms with Crippen LogP contribution in [0.2, 0.25) is 0 Å². The van der Waals surface area contributed by atoms with Gasteiger partial charge in [-0.3, -0.25) is 9.89 Å². The Morgan fingerprint density at radius 1 is 1.41 bits per heavy atom. The molecule has 4 N–H and O–H groups in total. The molecule has 0 spiro atoms. The maximum atomic E-state index is 11.8. The quantitative estimate of drug-likeness (QED) is 0.723. The van der Waals surface area contributed by atoms with Crippen molar-refractivity contribution in [2.45, 2.75) is 12.6 Å². The predicted octanol–water partition coefficient (Wildman–Crippen LogP) is 0.726. The molecule has 5 heteroatoms. The highest BCUT2D eigenvalue weighted by molar-refractivity contribution is 5.82. The Kier molecular flexibility index (Phi) is 3.52. The van der Waals surface area contributed by atoms with Crippen molar-refractivity contribution in [2.24, 2.45) is 5.73 Å². The molecule has 2 rings (SSSR count). The number of nitrogens with two attached hydrogens (primary N) is 1. The molecule has 0 bridgehead atoms. The summed E-state index contributed by atoms with van der Waals surface area (Å²) in [7, 11) is 0. The summed E-state index contributed by atoms with van der Waals surface area (Å²) in [6.45, 7) is 0.426. The number of aromatic amines is 1. The highest BCUT2D eigenvalue weighted by Gasteiger charge is 2.14. The number of nitrogens with zero attached hydrogens (tertiary/aromatic N) is 1. The van der Waals surface area contributed by atoms with E-state index >= 15 is 0 Å². The van der Waals surface area contributed by atoms with Gasteiger partial charge in [0.2, 0.25) is 5.91 Å². The molecule has 0 saturated carbocycles. The minimum atomic E-state index is -0.636. The first-order chi connectivity index (χ1) is 8.27. The van der Waals surface area contributed by atoms with E-state index in [0.29, 0.717) is 6.54 Å². The fourth-order valence-electron chi connectivity index (χ4n) is 1.49. The molecule has 1 aromatic carbocycles. The number of benzene rings is 1. The van der Waals surface area contributed by atoms with Gasteiger partial charge in [0.05, 0.1) is 6.20 Å². The Morgan fingerprint density at radius 3 is 2.82 bits per heavy atom. The standard InChI is InChI=1S/C12H14N4O/c13-11(10-4-2-1-3-5-10)12(17)14-6-9-7-15-16-8-9/h1-5,7-8,11H,6,13H2,(H,14,17)(H,15,16)/t11-/m0/s1. The Balaban J connectivity index is 1.92. The van der Waals surface area contributed by atoms with E-state index in [1.807, 2.05) is 30.3 Å². The van der Waals surface area contributed by atoms with E-state index in [1.165, 1.54) is 0 Å². The first-order valence-electron chi connectivity index (χ1n) is 5.33. The molecular weight excluding hydrogens is 216 g/mol. The van der Waals surface area contributed by atoms with Crippen molar-refractivity contribution in [1.29, 1.82) is 0 Å². The van der Waals surface area contributed by atoms with Crippen molar-refractivity contribution in [3.8, 4) is 0 Å². The molecule has 88 valence electrons. The zero-order valence-electron chi connectivity index (χ0n) is 9.26. The second kappa shape index (κ2) is 5.27. The van der Waals surface area contributed by atoms with Crippen molar-refractivity contribution >= 4 is 5.91 Å². The molecule has 17 heavy (non-hydrogen) atoms. The van der Waals surface area contributed by atoms with Gasteiger partial charge in [-0.05, 0) is 5.56 Å². The van der Waals surface area contributed by atoms with Crippen molar-refractivity contribution < 1.29 is 4.79 Å². The highest BCUT2D eigenvalue weighted by atomic mass is 16.2. The number of rotatable bonds is 4. The van der Waals surface area contributed by atoms with Gasteiger partial charge >= 0.3 is 0 Å². The Hall–Kier alpha value is -2.14. The fraction of sp³-hybridized carbons (Fsp3) is 0.167. The van der Waals surface area contributed by atoms with Crippen molar-refractivity contribution in [3.63, 3.8) is 0 Å². The van der Waals surface area contributed by atoms with E-state index in [-0.39, 0.29) is 5.91 Å². The van der Waals surface area contributed by atoms with Gasteiger partial charge in [-0.1, -0.05) is 30.3 Å². The summed E-state index contributed by atoms with van der Waals surface area (Å²) in [4.78, 5) is 11.8. The minimum absolute atomic E-state index is 0.197. The topological polar surface area (TPSA) is 83.8 Å². The molecule has 0 aliphatic carbocycles. The molecule has 5 nitrogen and oxygen atoms in total. The molecule has 1 atom stereocenters. The van der Waals surface area contributed by atoms with E-state index in [1.54, 1.807) is 12.4 Å². The zero-order chi connectivity index (χ0) is 12.1. The van der Waals surface area contributed by atoms with Crippen LogP contribution >= 0.6 is 0 Å². The first-order valence-corrected chi connectivity index (χ1v) is 5.33. The molecule has 0 radical (unpaired) electrons. The first kappa shape index (κ1) is 11.3. The van der Waals surface area contributed by atoms with Crippen LogP contribution in [0.1, 0.15) is 17.2 Å². The predicted molar refractivity (Wildman–Crippen MR) is 63.8 cm³/mol. The molecule has 1 aromatic heterocycles. The minimum Gasteiger partial charge on any atom is -0.350 e. The lowest BCUT2D eigenvalue weighted by molar-refractivity contribution is -0.122. The summed E-state index contributed by atoms with van der Waals surface area (Å²) in [5.74, 6) is -0.197. The number of hydrogen-bond donors (Lipinski definition) is 3. The number of nitrogens with one attached hydrogen (secondary N) is 2. The van der Waals surface area contributed by atoms with Crippen LogP contribution < -0.4 is 11.1 Å².